The van der Waals surface area contributed by atoms with E-state index in [0.29, 0.717) is 35.2 Å². The molecule has 0 spiro atoms. The highest BCUT2D eigenvalue weighted by atomic mass is 19.1. The van der Waals surface area contributed by atoms with Gasteiger partial charge in [-0.05, 0) is 88.6 Å². The smallest absolute Gasteiger partial charge is 0.412 e. The molecule has 0 bridgehead atoms. The summed E-state index contributed by atoms with van der Waals surface area (Å²) in [5, 5.41) is 10.9. The largest absolute Gasteiger partial charge is 0.444 e. The van der Waals surface area contributed by atoms with Crippen molar-refractivity contribution < 1.29 is 23.5 Å². The maximum atomic E-state index is 16.0. The lowest BCUT2D eigenvalue weighted by Gasteiger charge is -2.24. The molecule has 0 radical (unpaired) electrons. The minimum Gasteiger partial charge on any atom is -0.444 e. The standard InChI is InChI=1S/C32H35FN6O4/c1-18-8-10-34-16-23(18)21-13-19-14-26(35-17-24(19)29(28(21)33)38-31(41)43-32(2,3)4)37-30(40)22-15-20(22)25-9-11-36-39(25)27-7-5-6-12-42-27/h8-11,13-14,16-17,20,22,27H,5-7,12,15H2,1-4H3,(H,38,41)(H,35,37,40)/t20-,22-,27?/m0/s1. The summed E-state index contributed by atoms with van der Waals surface area (Å²) in [5.41, 5.74) is 1.82. The van der Waals surface area contributed by atoms with Gasteiger partial charge in [-0.25, -0.2) is 18.9 Å². The van der Waals surface area contributed by atoms with E-state index in [0.717, 1.165) is 30.5 Å². The van der Waals surface area contributed by atoms with Crippen molar-refractivity contribution in [2.45, 2.75) is 71.1 Å². The van der Waals surface area contributed by atoms with E-state index in [2.05, 4.69) is 25.7 Å². The Bertz CT molecular complexity index is 1690. The number of hydrogen-bond acceptors (Lipinski definition) is 7. The highest BCUT2D eigenvalue weighted by Gasteiger charge is 2.46. The third-order valence-corrected chi connectivity index (χ3v) is 7.80. The predicted octanol–water partition coefficient (Wildman–Crippen LogP) is 6.73. The molecule has 2 N–H and O–H groups in total. The Hall–Kier alpha value is -4.38. The van der Waals surface area contributed by atoms with Crippen LogP contribution in [0.5, 0.6) is 0 Å². The molecule has 43 heavy (non-hydrogen) atoms. The minimum absolute atomic E-state index is 0.0485. The topological polar surface area (TPSA) is 120 Å². The summed E-state index contributed by atoms with van der Waals surface area (Å²) in [5.74, 6) is -0.620. The number of halogens is 1. The van der Waals surface area contributed by atoms with E-state index in [4.69, 9.17) is 9.47 Å². The van der Waals surface area contributed by atoms with Crippen LogP contribution in [0, 0.1) is 18.7 Å². The monoisotopic (exact) mass is 586 g/mol. The van der Waals surface area contributed by atoms with E-state index in [1.54, 1.807) is 57.6 Å². The molecule has 1 saturated carbocycles. The zero-order valence-electron chi connectivity index (χ0n) is 24.7. The Morgan fingerprint density at radius 3 is 2.67 bits per heavy atom. The quantitative estimate of drug-likeness (QED) is 0.257. The Balaban J connectivity index is 1.28. The van der Waals surface area contributed by atoms with Crippen molar-refractivity contribution in [3.63, 3.8) is 0 Å². The van der Waals surface area contributed by atoms with Crippen molar-refractivity contribution in [1.29, 1.82) is 0 Å². The first-order chi connectivity index (χ1) is 20.6. The van der Waals surface area contributed by atoms with Crippen LogP contribution in [-0.2, 0) is 14.3 Å². The van der Waals surface area contributed by atoms with E-state index in [1.807, 2.05) is 17.7 Å². The number of ether oxygens (including phenoxy) is 2. The number of nitrogens with zero attached hydrogens (tertiary/aromatic N) is 4. The van der Waals surface area contributed by atoms with Crippen molar-refractivity contribution in [2.75, 3.05) is 17.2 Å². The van der Waals surface area contributed by atoms with E-state index >= 15 is 4.39 Å². The van der Waals surface area contributed by atoms with Gasteiger partial charge < -0.3 is 14.8 Å². The Labute approximate surface area is 249 Å². The number of amides is 2. The zero-order chi connectivity index (χ0) is 30.3. The van der Waals surface area contributed by atoms with E-state index in [-0.39, 0.29) is 35.2 Å². The normalized spacial score (nSPS) is 20.1. The van der Waals surface area contributed by atoms with Crippen LogP contribution >= 0.6 is 0 Å². The number of anilines is 2. The highest BCUT2D eigenvalue weighted by Crippen LogP contribution is 2.49. The van der Waals surface area contributed by atoms with Crippen molar-refractivity contribution >= 4 is 34.3 Å². The highest BCUT2D eigenvalue weighted by molar-refractivity contribution is 6.04. The van der Waals surface area contributed by atoms with Gasteiger partial charge in [0.15, 0.2) is 5.82 Å². The summed E-state index contributed by atoms with van der Waals surface area (Å²) in [7, 11) is 0. The van der Waals surface area contributed by atoms with E-state index < -0.39 is 17.5 Å². The summed E-state index contributed by atoms with van der Waals surface area (Å²) in [6, 6.07) is 7.10. The van der Waals surface area contributed by atoms with Gasteiger partial charge in [0, 0.05) is 65.4 Å². The lowest BCUT2D eigenvalue weighted by molar-refractivity contribution is -0.117. The molecule has 1 aliphatic carbocycles. The molecule has 1 aromatic carbocycles. The molecule has 4 heterocycles. The Kier molecular flexibility index (Phi) is 7.59. The first kappa shape index (κ1) is 28.7. The molecule has 10 nitrogen and oxygen atoms in total. The lowest BCUT2D eigenvalue weighted by Crippen LogP contribution is -2.27. The van der Waals surface area contributed by atoms with E-state index in [9.17, 15) is 9.59 Å². The first-order valence-corrected chi connectivity index (χ1v) is 14.6. The van der Waals surface area contributed by atoms with Crippen LogP contribution < -0.4 is 10.6 Å². The van der Waals surface area contributed by atoms with Gasteiger partial charge in [0.2, 0.25) is 5.91 Å². The van der Waals surface area contributed by atoms with Gasteiger partial charge in [-0.2, -0.15) is 5.10 Å². The Morgan fingerprint density at radius 2 is 1.93 bits per heavy atom. The van der Waals surface area contributed by atoms with Crippen molar-refractivity contribution in [3.05, 3.63) is 66.1 Å². The number of carbonyl (C=O) groups is 2. The van der Waals surface area contributed by atoms with Crippen molar-refractivity contribution in [2.24, 2.45) is 5.92 Å². The molecule has 3 atom stereocenters. The molecule has 2 fully saturated rings. The van der Waals surface area contributed by atoms with Crippen LogP contribution in [-0.4, -0.2) is 44.0 Å². The van der Waals surface area contributed by atoms with Gasteiger partial charge in [0.25, 0.3) is 0 Å². The molecule has 1 unspecified atom stereocenters. The summed E-state index contributed by atoms with van der Waals surface area (Å²) in [4.78, 5) is 34.5. The number of benzene rings is 1. The molecule has 3 aromatic heterocycles. The molecule has 1 saturated heterocycles. The molecule has 11 heteroatoms. The average molecular weight is 587 g/mol. The maximum Gasteiger partial charge on any atom is 0.412 e. The van der Waals surface area contributed by atoms with Gasteiger partial charge in [-0.3, -0.25) is 15.1 Å². The third-order valence-electron chi connectivity index (χ3n) is 7.80. The second-order valence-electron chi connectivity index (χ2n) is 12.2. The molecular weight excluding hydrogens is 551 g/mol. The molecule has 2 aliphatic rings. The second kappa shape index (κ2) is 11.4. The van der Waals surface area contributed by atoms with Crippen LogP contribution in [0.4, 0.5) is 20.7 Å². The molecule has 224 valence electrons. The maximum absolute atomic E-state index is 16.0. The van der Waals surface area contributed by atoms with Gasteiger partial charge in [0.1, 0.15) is 17.6 Å². The summed E-state index contributed by atoms with van der Waals surface area (Å²) < 4.78 is 29.2. The Morgan fingerprint density at radius 1 is 1.09 bits per heavy atom. The van der Waals surface area contributed by atoms with Crippen LogP contribution in [0.3, 0.4) is 0 Å². The van der Waals surface area contributed by atoms with Gasteiger partial charge >= 0.3 is 6.09 Å². The number of carbonyl (C=O) groups excluding carboxylic acids is 2. The number of rotatable bonds is 6. The number of hydrogen-bond donors (Lipinski definition) is 2. The fraction of sp³-hybridized carbons (Fsp3) is 0.406. The number of aryl methyl sites for hydroxylation is 1. The number of aromatic nitrogens is 4. The van der Waals surface area contributed by atoms with Crippen LogP contribution in [0.15, 0.2) is 49.1 Å². The number of fused-ring (bicyclic) bond motifs is 1. The van der Waals surface area contributed by atoms with Gasteiger partial charge in [-0.15, -0.1) is 0 Å². The summed E-state index contributed by atoms with van der Waals surface area (Å²) in [6.45, 7) is 7.77. The van der Waals surface area contributed by atoms with Crippen LogP contribution in [0.1, 0.15) is 69.9 Å². The van der Waals surface area contributed by atoms with Gasteiger partial charge in [0.05, 0.1) is 5.69 Å². The fourth-order valence-electron chi connectivity index (χ4n) is 5.62. The molecule has 2 amide bonds. The third kappa shape index (κ3) is 6.08. The first-order valence-electron chi connectivity index (χ1n) is 14.6. The van der Waals surface area contributed by atoms with E-state index in [1.165, 1.54) is 6.20 Å². The molecule has 4 aromatic rings. The summed E-state index contributed by atoms with van der Waals surface area (Å²) >= 11 is 0. The SMILES string of the molecule is Cc1ccncc1-c1cc2cc(NC(=O)[C@H]3C[C@@H]3c3ccnn3C3CCCCO3)ncc2c(NC(=O)OC(C)(C)C)c1F. The minimum atomic E-state index is -0.789. The number of nitrogens with one attached hydrogen (secondary N) is 2. The molecule has 1 aliphatic heterocycles. The van der Waals surface area contributed by atoms with Crippen LogP contribution in [0.2, 0.25) is 0 Å². The second-order valence-corrected chi connectivity index (χ2v) is 12.2. The molecular formula is C32H35FN6O4. The average Bonchev–Trinajstić information content (AvgIpc) is 3.62. The van der Waals surface area contributed by atoms with Crippen LogP contribution in [0.25, 0.3) is 21.9 Å². The fourth-order valence-corrected chi connectivity index (χ4v) is 5.62. The predicted molar refractivity (Wildman–Crippen MR) is 160 cm³/mol. The van der Waals surface area contributed by atoms with Crippen molar-refractivity contribution in [1.82, 2.24) is 19.7 Å². The lowest BCUT2D eigenvalue weighted by atomic mass is 9.98. The summed E-state index contributed by atoms with van der Waals surface area (Å²) in [6.07, 6.45) is 9.29. The zero-order valence-corrected chi connectivity index (χ0v) is 24.7. The number of pyridine rings is 2. The van der Waals surface area contributed by atoms with Gasteiger partial charge in [-0.1, -0.05) is 0 Å². The van der Waals surface area contributed by atoms with Crippen molar-refractivity contribution in [3.8, 4) is 11.1 Å². The molecule has 6 rings (SSSR count).